The number of hydrogen-bond acceptors (Lipinski definition) is 5. The van der Waals surface area contributed by atoms with E-state index >= 15 is 0 Å². The number of anilines is 2. The topological polar surface area (TPSA) is 74.0 Å². The van der Waals surface area contributed by atoms with Gasteiger partial charge in [-0.1, -0.05) is 41.4 Å². The van der Waals surface area contributed by atoms with Gasteiger partial charge in [-0.3, -0.25) is 14.5 Å². The van der Waals surface area contributed by atoms with Gasteiger partial charge in [-0.05, 0) is 74.9 Å². The third-order valence-corrected chi connectivity index (χ3v) is 7.04. The van der Waals surface area contributed by atoms with Crippen molar-refractivity contribution in [2.75, 3.05) is 22.9 Å². The highest BCUT2D eigenvalue weighted by Crippen LogP contribution is 2.42. The zero-order valence-electron chi connectivity index (χ0n) is 20.9. The maximum absolute atomic E-state index is 13.8. The van der Waals surface area contributed by atoms with Crippen LogP contribution < -0.4 is 9.80 Å². The molecule has 7 heteroatoms. The molecule has 0 fully saturated rings. The minimum Gasteiger partial charge on any atom is -0.503 e. The number of nitrogens with zero attached hydrogens (tertiary/aromatic N) is 2. The van der Waals surface area contributed by atoms with Crippen LogP contribution in [0, 0.1) is 6.92 Å². The number of hydrogen-bond donors (Lipinski definition) is 1. The number of aryl methyl sites for hydroxylation is 1. The van der Waals surface area contributed by atoms with Crippen LogP contribution in [-0.4, -0.2) is 29.9 Å². The first kappa shape index (κ1) is 24.7. The fourth-order valence-electron chi connectivity index (χ4n) is 4.84. The summed E-state index contributed by atoms with van der Waals surface area (Å²) in [5.41, 5.74) is 3.83. The van der Waals surface area contributed by atoms with Gasteiger partial charge in [0, 0.05) is 34.9 Å². The molecule has 37 heavy (non-hydrogen) atoms. The van der Waals surface area contributed by atoms with Crippen LogP contribution in [0.25, 0.3) is 11.0 Å². The number of aliphatic hydroxyl groups excluding tert-OH is 1. The summed E-state index contributed by atoms with van der Waals surface area (Å²) in [7, 11) is 0. The Hall–Kier alpha value is -4.03. The first-order valence-corrected chi connectivity index (χ1v) is 12.6. The van der Waals surface area contributed by atoms with E-state index in [0.29, 0.717) is 27.2 Å². The summed E-state index contributed by atoms with van der Waals surface area (Å²) in [5.74, 6) is -1.74. The van der Waals surface area contributed by atoms with Crippen molar-refractivity contribution < 1.29 is 19.1 Å². The van der Waals surface area contributed by atoms with Crippen LogP contribution >= 0.6 is 11.6 Å². The third-order valence-electron chi connectivity index (χ3n) is 6.80. The van der Waals surface area contributed by atoms with E-state index in [1.165, 1.54) is 4.90 Å². The smallest absolute Gasteiger partial charge is 0.294 e. The number of amides is 1. The van der Waals surface area contributed by atoms with Gasteiger partial charge in [0.1, 0.15) is 5.58 Å². The molecule has 6 nitrogen and oxygen atoms in total. The SMILES string of the molecule is CCN(CC)c1ccc(C2C(C(=O)c3cc4cc(Cl)ccc4o3)=C(O)C(=O)N2c2ccc(C)cc2)cc1. The van der Waals surface area contributed by atoms with Gasteiger partial charge < -0.3 is 14.4 Å². The highest BCUT2D eigenvalue weighted by Gasteiger charge is 2.45. The molecule has 1 unspecified atom stereocenters. The molecule has 1 N–H and O–H groups in total. The lowest BCUT2D eigenvalue weighted by Gasteiger charge is -2.28. The Labute approximate surface area is 220 Å². The number of carbonyl (C=O) groups is 2. The molecule has 4 aromatic rings. The minimum atomic E-state index is -0.828. The summed E-state index contributed by atoms with van der Waals surface area (Å²) in [6, 6.07) is 21.0. The second-order valence-electron chi connectivity index (χ2n) is 9.06. The lowest BCUT2D eigenvalue weighted by molar-refractivity contribution is -0.117. The number of carbonyl (C=O) groups excluding carboxylic acids is 2. The van der Waals surface area contributed by atoms with Crippen LogP contribution in [0.15, 0.2) is 88.5 Å². The van der Waals surface area contributed by atoms with Gasteiger partial charge >= 0.3 is 0 Å². The third kappa shape index (κ3) is 4.38. The molecule has 1 aliphatic heterocycles. The van der Waals surface area contributed by atoms with Crippen molar-refractivity contribution in [1.82, 2.24) is 0 Å². The quantitative estimate of drug-likeness (QED) is 0.268. The normalized spacial score (nSPS) is 15.6. The van der Waals surface area contributed by atoms with Crippen molar-refractivity contribution in [3.05, 3.63) is 106 Å². The Morgan fingerprint density at radius 2 is 1.68 bits per heavy atom. The van der Waals surface area contributed by atoms with E-state index in [1.54, 1.807) is 24.3 Å². The molecule has 188 valence electrons. The minimum absolute atomic E-state index is 0.0219. The molecular formula is C30H27ClN2O4. The first-order chi connectivity index (χ1) is 17.8. The van der Waals surface area contributed by atoms with Crippen LogP contribution in [-0.2, 0) is 4.79 Å². The second-order valence-corrected chi connectivity index (χ2v) is 9.50. The lowest BCUT2D eigenvalue weighted by atomic mass is 9.94. The molecule has 0 aliphatic carbocycles. The number of benzene rings is 3. The summed E-state index contributed by atoms with van der Waals surface area (Å²) in [4.78, 5) is 30.9. The van der Waals surface area contributed by atoms with Gasteiger partial charge in [0.25, 0.3) is 5.91 Å². The monoisotopic (exact) mass is 514 g/mol. The van der Waals surface area contributed by atoms with E-state index in [-0.39, 0.29) is 11.3 Å². The van der Waals surface area contributed by atoms with Crippen LogP contribution in [0.3, 0.4) is 0 Å². The summed E-state index contributed by atoms with van der Waals surface area (Å²) >= 11 is 6.10. The highest BCUT2D eigenvalue weighted by molar-refractivity contribution is 6.31. The number of Topliss-reactive ketones (excluding diaryl/α,β-unsaturated/α-hetero) is 1. The maximum Gasteiger partial charge on any atom is 0.294 e. The fraction of sp³-hybridized carbons (Fsp3) is 0.200. The van der Waals surface area contributed by atoms with E-state index in [2.05, 4.69) is 18.7 Å². The molecule has 0 saturated carbocycles. The van der Waals surface area contributed by atoms with Crippen molar-refractivity contribution >= 4 is 45.6 Å². The number of aliphatic hydroxyl groups is 1. The molecule has 3 aromatic carbocycles. The predicted molar refractivity (Wildman–Crippen MR) is 147 cm³/mol. The number of halogens is 1. The molecule has 1 amide bonds. The van der Waals surface area contributed by atoms with E-state index in [9.17, 15) is 14.7 Å². The summed E-state index contributed by atoms with van der Waals surface area (Å²) in [5, 5.41) is 12.2. The molecule has 0 bridgehead atoms. The number of furan rings is 1. The number of rotatable bonds is 7. The molecule has 2 heterocycles. The lowest BCUT2D eigenvalue weighted by Crippen LogP contribution is -2.31. The van der Waals surface area contributed by atoms with Gasteiger partial charge in [0.05, 0.1) is 11.6 Å². The van der Waals surface area contributed by atoms with Crippen molar-refractivity contribution in [3.63, 3.8) is 0 Å². The molecule has 1 aromatic heterocycles. The van der Waals surface area contributed by atoms with Crippen molar-refractivity contribution in [2.45, 2.75) is 26.8 Å². The summed E-state index contributed by atoms with van der Waals surface area (Å²) < 4.78 is 5.81. The molecule has 0 saturated heterocycles. The maximum atomic E-state index is 13.8. The van der Waals surface area contributed by atoms with E-state index in [1.807, 2.05) is 55.5 Å². The number of ketones is 1. The van der Waals surface area contributed by atoms with Crippen LogP contribution in [0.1, 0.15) is 41.6 Å². The zero-order valence-corrected chi connectivity index (χ0v) is 21.6. The van der Waals surface area contributed by atoms with Crippen molar-refractivity contribution in [1.29, 1.82) is 0 Å². The molecule has 0 spiro atoms. The second kappa shape index (κ2) is 9.79. The van der Waals surface area contributed by atoms with E-state index < -0.39 is 23.5 Å². The fourth-order valence-corrected chi connectivity index (χ4v) is 5.02. The van der Waals surface area contributed by atoms with Gasteiger partial charge in [0.2, 0.25) is 5.78 Å². The molecule has 1 atom stereocenters. The van der Waals surface area contributed by atoms with Crippen molar-refractivity contribution in [3.8, 4) is 0 Å². The largest absolute Gasteiger partial charge is 0.503 e. The molecule has 1 aliphatic rings. The average Bonchev–Trinajstić information content (AvgIpc) is 3.44. The van der Waals surface area contributed by atoms with E-state index in [0.717, 1.165) is 24.3 Å². The Morgan fingerprint density at radius 1 is 1.00 bits per heavy atom. The molecule has 0 radical (unpaired) electrons. The molecule has 5 rings (SSSR count). The Kier molecular flexibility index (Phi) is 6.52. The molecular weight excluding hydrogens is 488 g/mol. The Morgan fingerprint density at radius 3 is 2.32 bits per heavy atom. The number of fused-ring (bicyclic) bond motifs is 1. The van der Waals surface area contributed by atoms with Gasteiger partial charge in [-0.25, -0.2) is 0 Å². The Balaban J connectivity index is 1.62. The van der Waals surface area contributed by atoms with Gasteiger partial charge in [-0.15, -0.1) is 0 Å². The predicted octanol–water partition coefficient (Wildman–Crippen LogP) is 7.02. The van der Waals surface area contributed by atoms with Crippen LogP contribution in [0.2, 0.25) is 5.02 Å². The van der Waals surface area contributed by atoms with Crippen LogP contribution in [0.4, 0.5) is 11.4 Å². The Bertz CT molecular complexity index is 1520. The standard InChI is InChI=1S/C30H27ClN2O4/c1-4-32(5-2)22-13-8-19(9-14-22)27-26(28(34)25-17-20-16-21(31)10-15-24(20)37-25)29(35)30(36)33(27)23-11-6-18(3)7-12-23/h6-17,27,35H,4-5H2,1-3H3. The summed E-state index contributed by atoms with van der Waals surface area (Å²) in [6.07, 6.45) is 0. The average molecular weight is 515 g/mol. The van der Waals surface area contributed by atoms with Crippen LogP contribution in [0.5, 0.6) is 0 Å². The van der Waals surface area contributed by atoms with E-state index in [4.69, 9.17) is 16.0 Å². The zero-order chi connectivity index (χ0) is 26.3. The van der Waals surface area contributed by atoms with Crippen molar-refractivity contribution in [2.24, 2.45) is 0 Å². The van der Waals surface area contributed by atoms with Gasteiger partial charge in [-0.2, -0.15) is 0 Å². The summed E-state index contributed by atoms with van der Waals surface area (Å²) in [6.45, 7) is 7.84. The highest BCUT2D eigenvalue weighted by atomic mass is 35.5. The van der Waals surface area contributed by atoms with Gasteiger partial charge in [0.15, 0.2) is 11.5 Å². The first-order valence-electron chi connectivity index (χ1n) is 12.2.